The van der Waals surface area contributed by atoms with E-state index in [9.17, 15) is 9.59 Å². The number of aryl methyl sites for hydroxylation is 2. The molecule has 0 radical (unpaired) electrons. The summed E-state index contributed by atoms with van der Waals surface area (Å²) in [5, 5.41) is 4.45. The quantitative estimate of drug-likeness (QED) is 0.717. The fourth-order valence-electron chi connectivity index (χ4n) is 2.40. The fraction of sp³-hybridized carbons (Fsp3) is 0.294. The predicted octanol–water partition coefficient (Wildman–Crippen LogP) is 1.98. The van der Waals surface area contributed by atoms with Crippen molar-refractivity contribution in [2.24, 2.45) is 0 Å². The molecule has 2 aromatic heterocycles. The number of H-pyrrole nitrogens is 1. The summed E-state index contributed by atoms with van der Waals surface area (Å²) >= 11 is 1.64. The van der Waals surface area contributed by atoms with Crippen molar-refractivity contribution >= 4 is 28.1 Å². The monoisotopic (exact) mass is 342 g/mol. The third-order valence-corrected chi connectivity index (χ3v) is 4.55. The summed E-state index contributed by atoms with van der Waals surface area (Å²) in [6.07, 6.45) is 3.26. The number of benzene rings is 1. The predicted molar refractivity (Wildman–Crippen MR) is 94.2 cm³/mol. The maximum atomic E-state index is 12.0. The molecule has 6 nitrogen and oxygen atoms in total. The average molecular weight is 342 g/mol. The van der Waals surface area contributed by atoms with Gasteiger partial charge in [-0.15, -0.1) is 11.3 Å². The van der Waals surface area contributed by atoms with Crippen molar-refractivity contribution in [2.45, 2.75) is 26.2 Å². The number of aromatic amines is 1. The lowest BCUT2D eigenvalue weighted by Crippen LogP contribution is -2.26. The number of nitrogens with zero attached hydrogens (tertiary/aromatic N) is 2. The largest absolute Gasteiger partial charge is 0.356 e. The van der Waals surface area contributed by atoms with Crippen molar-refractivity contribution in [3.8, 4) is 0 Å². The highest BCUT2D eigenvalue weighted by molar-refractivity contribution is 7.11. The maximum Gasteiger partial charge on any atom is 0.258 e. The summed E-state index contributed by atoms with van der Waals surface area (Å²) in [4.78, 5) is 36.4. The zero-order valence-electron chi connectivity index (χ0n) is 13.3. The number of fused-ring (bicyclic) bond motifs is 1. The number of thiazole rings is 1. The minimum absolute atomic E-state index is 0.0564. The van der Waals surface area contributed by atoms with E-state index < -0.39 is 0 Å². The second kappa shape index (κ2) is 7.35. The van der Waals surface area contributed by atoms with Crippen LogP contribution >= 0.6 is 11.3 Å². The van der Waals surface area contributed by atoms with Gasteiger partial charge in [-0.1, -0.05) is 12.1 Å². The van der Waals surface area contributed by atoms with Crippen LogP contribution in [0, 0.1) is 6.92 Å². The Bertz CT molecular complexity index is 916. The third kappa shape index (κ3) is 4.05. The fourth-order valence-corrected chi connectivity index (χ4v) is 3.19. The Balaban J connectivity index is 1.51. The number of rotatable bonds is 6. The van der Waals surface area contributed by atoms with Crippen molar-refractivity contribution in [3.63, 3.8) is 0 Å². The van der Waals surface area contributed by atoms with Crippen molar-refractivity contribution in [1.82, 2.24) is 20.3 Å². The van der Waals surface area contributed by atoms with E-state index in [1.807, 2.05) is 19.2 Å². The smallest absolute Gasteiger partial charge is 0.258 e. The van der Waals surface area contributed by atoms with Crippen LogP contribution < -0.4 is 10.9 Å². The Hall–Kier alpha value is -2.54. The number of carbonyl (C=O) groups is 1. The van der Waals surface area contributed by atoms with Crippen LogP contribution in [0.2, 0.25) is 0 Å². The molecule has 0 unspecified atom stereocenters. The second-order valence-electron chi connectivity index (χ2n) is 5.49. The minimum atomic E-state index is -0.171. The van der Waals surface area contributed by atoms with Gasteiger partial charge in [-0.25, -0.2) is 9.97 Å². The normalized spacial score (nSPS) is 10.9. The Labute approximate surface area is 143 Å². The van der Waals surface area contributed by atoms with E-state index in [0.29, 0.717) is 29.7 Å². The molecule has 0 bridgehead atoms. The van der Waals surface area contributed by atoms with Crippen molar-refractivity contribution in [3.05, 3.63) is 56.5 Å². The first kappa shape index (κ1) is 16.3. The number of hydrogen-bond donors (Lipinski definition) is 2. The van der Waals surface area contributed by atoms with E-state index in [2.05, 4.69) is 20.3 Å². The zero-order valence-corrected chi connectivity index (χ0v) is 14.2. The van der Waals surface area contributed by atoms with Crippen LogP contribution in [0.1, 0.15) is 22.1 Å². The topological polar surface area (TPSA) is 87.7 Å². The molecular formula is C17H18N4O2S. The molecular weight excluding hydrogens is 324 g/mol. The molecule has 0 aliphatic rings. The van der Waals surface area contributed by atoms with Gasteiger partial charge in [-0.3, -0.25) is 9.59 Å². The van der Waals surface area contributed by atoms with Crippen LogP contribution in [0.4, 0.5) is 0 Å². The summed E-state index contributed by atoms with van der Waals surface area (Å²) in [7, 11) is 0. The molecule has 124 valence electrons. The van der Waals surface area contributed by atoms with E-state index in [-0.39, 0.29) is 17.9 Å². The lowest BCUT2D eigenvalue weighted by Gasteiger charge is -2.05. The number of carbonyl (C=O) groups excluding carboxylic acids is 1. The first-order valence-corrected chi connectivity index (χ1v) is 8.59. The summed E-state index contributed by atoms with van der Waals surface area (Å²) in [5.41, 5.74) is 0.478. The summed E-state index contributed by atoms with van der Waals surface area (Å²) in [5.74, 6) is 0.475. The number of nitrogens with one attached hydrogen (secondary N) is 2. The molecule has 0 saturated carbocycles. The van der Waals surface area contributed by atoms with Crippen molar-refractivity contribution in [2.75, 3.05) is 6.54 Å². The van der Waals surface area contributed by atoms with Crippen LogP contribution in [0.25, 0.3) is 10.9 Å². The average Bonchev–Trinajstić information content (AvgIpc) is 2.98. The van der Waals surface area contributed by atoms with Gasteiger partial charge < -0.3 is 10.3 Å². The first-order chi connectivity index (χ1) is 11.6. The Morgan fingerprint density at radius 1 is 1.29 bits per heavy atom. The van der Waals surface area contributed by atoms with Gasteiger partial charge in [-0.2, -0.15) is 0 Å². The highest BCUT2D eigenvalue weighted by Crippen LogP contribution is 2.11. The van der Waals surface area contributed by atoms with Gasteiger partial charge in [0.05, 0.1) is 15.9 Å². The molecule has 0 saturated heterocycles. The van der Waals surface area contributed by atoms with E-state index in [0.717, 1.165) is 11.4 Å². The molecule has 2 N–H and O–H groups in total. The van der Waals surface area contributed by atoms with Gasteiger partial charge in [0.25, 0.3) is 5.56 Å². The molecule has 7 heteroatoms. The summed E-state index contributed by atoms with van der Waals surface area (Å²) < 4.78 is 0. The highest BCUT2D eigenvalue weighted by Gasteiger charge is 2.07. The lowest BCUT2D eigenvalue weighted by atomic mass is 10.2. The summed E-state index contributed by atoms with van der Waals surface area (Å²) in [6, 6.07) is 7.17. The Morgan fingerprint density at radius 2 is 2.12 bits per heavy atom. The summed E-state index contributed by atoms with van der Waals surface area (Å²) in [6.45, 7) is 2.57. The number of hydrogen-bond acceptors (Lipinski definition) is 5. The molecule has 0 atom stereocenters. The van der Waals surface area contributed by atoms with Gasteiger partial charge in [0.15, 0.2) is 0 Å². The van der Waals surface area contributed by atoms with E-state index in [4.69, 9.17) is 0 Å². The van der Waals surface area contributed by atoms with Crippen molar-refractivity contribution in [1.29, 1.82) is 0 Å². The Morgan fingerprint density at radius 3 is 2.92 bits per heavy atom. The first-order valence-electron chi connectivity index (χ1n) is 7.78. The van der Waals surface area contributed by atoms with Gasteiger partial charge in [0.2, 0.25) is 5.91 Å². The standard InChI is InChI=1S/C17H18N4O2S/c1-11-10-19-16(24-11)8-9-18-15(22)7-6-14-20-13-5-3-2-4-12(13)17(23)21-14/h2-5,10H,6-9H2,1H3,(H,18,22)(H,20,21,23). The van der Waals surface area contributed by atoms with Crippen molar-refractivity contribution < 1.29 is 4.79 Å². The molecule has 0 spiro atoms. The van der Waals surface area contributed by atoms with Gasteiger partial charge in [0.1, 0.15) is 5.82 Å². The van der Waals surface area contributed by atoms with Crippen LogP contribution in [0.15, 0.2) is 35.3 Å². The van der Waals surface area contributed by atoms with Crippen LogP contribution in [-0.4, -0.2) is 27.4 Å². The molecule has 0 aliphatic heterocycles. The molecule has 0 aliphatic carbocycles. The SMILES string of the molecule is Cc1cnc(CCNC(=O)CCc2nc3ccccc3c(=O)[nH]2)s1. The molecule has 0 fully saturated rings. The van der Waals surface area contributed by atoms with Gasteiger partial charge >= 0.3 is 0 Å². The van der Waals surface area contributed by atoms with Gasteiger partial charge in [0, 0.05) is 36.9 Å². The molecule has 3 rings (SSSR count). The highest BCUT2D eigenvalue weighted by atomic mass is 32.1. The molecule has 3 aromatic rings. The maximum absolute atomic E-state index is 12.0. The molecule has 1 aromatic carbocycles. The molecule has 24 heavy (non-hydrogen) atoms. The molecule has 2 heterocycles. The molecule has 1 amide bonds. The van der Waals surface area contributed by atoms with Crippen LogP contribution in [-0.2, 0) is 17.6 Å². The van der Waals surface area contributed by atoms with E-state index in [1.165, 1.54) is 4.88 Å². The minimum Gasteiger partial charge on any atom is -0.356 e. The van der Waals surface area contributed by atoms with Crippen LogP contribution in [0.5, 0.6) is 0 Å². The Kier molecular flexibility index (Phi) is 5.00. The van der Waals surface area contributed by atoms with E-state index in [1.54, 1.807) is 29.5 Å². The van der Waals surface area contributed by atoms with Gasteiger partial charge in [-0.05, 0) is 19.1 Å². The second-order valence-corrected chi connectivity index (χ2v) is 6.81. The van der Waals surface area contributed by atoms with E-state index >= 15 is 0 Å². The number of para-hydroxylation sites is 1. The number of aromatic nitrogens is 3. The van der Waals surface area contributed by atoms with Crippen LogP contribution in [0.3, 0.4) is 0 Å². The zero-order chi connectivity index (χ0) is 16.9. The number of amides is 1. The lowest BCUT2D eigenvalue weighted by molar-refractivity contribution is -0.121. The third-order valence-electron chi connectivity index (χ3n) is 3.58.